The normalized spacial score (nSPS) is 24.7. The average molecular weight is 508 g/mol. The van der Waals surface area contributed by atoms with Crippen LogP contribution in [0, 0.1) is 5.95 Å². The van der Waals surface area contributed by atoms with Crippen LogP contribution in [-0.4, -0.2) is 75.5 Å². The van der Waals surface area contributed by atoms with Gasteiger partial charge in [0, 0.05) is 56.6 Å². The number of carbonyl (C=O) groups excluding carboxylic acids is 3. The molecule has 0 aliphatic carbocycles. The summed E-state index contributed by atoms with van der Waals surface area (Å²) in [5.41, 5.74) is 0.610. The van der Waals surface area contributed by atoms with Crippen molar-refractivity contribution in [1.29, 1.82) is 0 Å². The van der Waals surface area contributed by atoms with Crippen molar-refractivity contribution in [1.82, 2.24) is 25.4 Å². The van der Waals surface area contributed by atoms with Crippen molar-refractivity contribution < 1.29 is 23.5 Å². The summed E-state index contributed by atoms with van der Waals surface area (Å²) in [7, 11) is 1.44. The number of piperazine rings is 1. The van der Waals surface area contributed by atoms with Crippen molar-refractivity contribution in [2.24, 2.45) is 0 Å². The van der Waals surface area contributed by atoms with Crippen LogP contribution in [0.2, 0.25) is 0 Å². The number of alkyl halides is 1. The number of dihydropyridines is 1. The smallest absolute Gasteiger partial charge is 0.410 e. The first kappa shape index (κ1) is 26.5. The predicted molar refractivity (Wildman–Crippen MR) is 130 cm³/mol. The maximum atomic E-state index is 13.9. The second kappa shape index (κ2) is 9.85. The molecule has 190 valence electrons. The van der Waals surface area contributed by atoms with Gasteiger partial charge in [0.05, 0.1) is 6.04 Å². The van der Waals surface area contributed by atoms with E-state index < -0.39 is 34.6 Å². The van der Waals surface area contributed by atoms with E-state index in [1.807, 2.05) is 6.92 Å². The molecular weight excluding hydrogens is 477 g/mol. The molecule has 3 heterocycles. The molecule has 2 N–H and O–H groups in total. The molecule has 11 heteroatoms. The molecule has 1 fully saturated rings. The third-order valence-electron chi connectivity index (χ3n) is 5.74. The van der Waals surface area contributed by atoms with Crippen LogP contribution < -0.4 is 10.6 Å². The third kappa shape index (κ3) is 5.93. The number of rotatable bonds is 3. The molecule has 3 amide bonds. The fourth-order valence-corrected chi connectivity index (χ4v) is 4.43. The van der Waals surface area contributed by atoms with Crippen LogP contribution >= 0.6 is 11.6 Å². The summed E-state index contributed by atoms with van der Waals surface area (Å²) >= 11 is 6.71. The number of likely N-dealkylation sites (N-methyl/N-ethyl adjacent to an activating group) is 1. The zero-order valence-electron chi connectivity index (χ0n) is 20.7. The molecule has 1 aromatic heterocycles. The van der Waals surface area contributed by atoms with Crippen molar-refractivity contribution in [3.05, 3.63) is 47.6 Å². The highest BCUT2D eigenvalue weighted by Crippen LogP contribution is 2.33. The van der Waals surface area contributed by atoms with Gasteiger partial charge in [0.25, 0.3) is 5.91 Å². The molecule has 35 heavy (non-hydrogen) atoms. The van der Waals surface area contributed by atoms with Gasteiger partial charge >= 0.3 is 6.09 Å². The SMILES string of the molecule is CNC(=O)C1(Cl)C=C(C2CN(C(=O)OC(C)(C)C)C(C)CN2C(C)=O)C=C(c2ccnc(F)c2)N1. The van der Waals surface area contributed by atoms with Crippen molar-refractivity contribution in [2.45, 2.75) is 57.3 Å². The number of carbonyl (C=O) groups is 3. The van der Waals surface area contributed by atoms with Crippen molar-refractivity contribution in [3.8, 4) is 0 Å². The topological polar surface area (TPSA) is 104 Å². The van der Waals surface area contributed by atoms with Crippen LogP contribution in [0.25, 0.3) is 5.70 Å². The van der Waals surface area contributed by atoms with E-state index in [2.05, 4.69) is 15.6 Å². The number of aromatic nitrogens is 1. The molecule has 0 saturated carbocycles. The Labute approximate surface area is 209 Å². The summed E-state index contributed by atoms with van der Waals surface area (Å²) in [6.45, 7) is 9.00. The van der Waals surface area contributed by atoms with Gasteiger partial charge in [-0.15, -0.1) is 0 Å². The van der Waals surface area contributed by atoms with Crippen LogP contribution in [0.1, 0.15) is 40.2 Å². The van der Waals surface area contributed by atoms with E-state index in [9.17, 15) is 18.8 Å². The lowest BCUT2D eigenvalue weighted by Gasteiger charge is -2.46. The Kier molecular flexibility index (Phi) is 7.45. The molecule has 0 spiro atoms. The van der Waals surface area contributed by atoms with Gasteiger partial charge in [0.15, 0.2) is 0 Å². The second-order valence-corrected chi connectivity index (χ2v) is 10.3. The monoisotopic (exact) mass is 507 g/mol. The van der Waals surface area contributed by atoms with Gasteiger partial charge in [-0.2, -0.15) is 4.39 Å². The van der Waals surface area contributed by atoms with E-state index >= 15 is 0 Å². The number of hydrogen-bond donors (Lipinski definition) is 2. The number of amides is 3. The fraction of sp³-hybridized carbons (Fsp3) is 0.500. The van der Waals surface area contributed by atoms with E-state index in [1.54, 1.807) is 42.7 Å². The summed E-state index contributed by atoms with van der Waals surface area (Å²) in [5.74, 6) is -1.44. The molecule has 1 aromatic rings. The van der Waals surface area contributed by atoms with Crippen LogP contribution in [-0.2, 0) is 14.3 Å². The van der Waals surface area contributed by atoms with Crippen molar-refractivity contribution >= 4 is 35.2 Å². The van der Waals surface area contributed by atoms with Gasteiger partial charge in [-0.25, -0.2) is 9.78 Å². The molecule has 2 aliphatic rings. The zero-order valence-corrected chi connectivity index (χ0v) is 21.4. The van der Waals surface area contributed by atoms with E-state index in [-0.39, 0.29) is 25.0 Å². The number of pyridine rings is 1. The standard InChI is InChI=1S/C24H31ClFN5O4/c1-14-12-31(15(2)32)19(13-30(14)22(34)35-23(3,4)5)17-9-18(16-7-8-28-20(26)10-16)29-24(25,11-17)21(33)27-6/h7-11,14,19,29H,12-13H2,1-6H3,(H,27,33). The average Bonchev–Trinajstić information content (AvgIpc) is 2.76. The fourth-order valence-electron chi connectivity index (χ4n) is 4.11. The second-order valence-electron chi connectivity index (χ2n) is 9.65. The van der Waals surface area contributed by atoms with Gasteiger partial charge < -0.3 is 25.2 Å². The summed E-state index contributed by atoms with van der Waals surface area (Å²) in [4.78, 5) is 43.3. The molecule has 0 bridgehead atoms. The van der Waals surface area contributed by atoms with Gasteiger partial charge in [-0.3, -0.25) is 9.59 Å². The van der Waals surface area contributed by atoms with Crippen LogP contribution in [0.3, 0.4) is 0 Å². The van der Waals surface area contributed by atoms with Crippen molar-refractivity contribution in [2.75, 3.05) is 20.1 Å². The van der Waals surface area contributed by atoms with E-state index in [1.165, 1.54) is 32.3 Å². The molecule has 9 nitrogen and oxygen atoms in total. The maximum absolute atomic E-state index is 13.9. The van der Waals surface area contributed by atoms with Gasteiger partial charge in [-0.1, -0.05) is 11.6 Å². The molecule has 3 rings (SSSR count). The Balaban J connectivity index is 2.08. The number of ether oxygens (including phenoxy) is 1. The predicted octanol–water partition coefficient (Wildman–Crippen LogP) is 2.63. The van der Waals surface area contributed by atoms with E-state index in [4.69, 9.17) is 16.3 Å². The lowest BCUT2D eigenvalue weighted by molar-refractivity contribution is -0.134. The largest absolute Gasteiger partial charge is 0.444 e. The molecule has 1 saturated heterocycles. The first-order valence-corrected chi connectivity index (χ1v) is 11.6. The molecule has 0 radical (unpaired) electrons. The minimum Gasteiger partial charge on any atom is -0.444 e. The Morgan fingerprint density at radius 2 is 1.97 bits per heavy atom. The highest BCUT2D eigenvalue weighted by molar-refractivity contribution is 6.36. The van der Waals surface area contributed by atoms with Crippen LogP contribution in [0.15, 0.2) is 36.1 Å². The lowest BCUT2D eigenvalue weighted by atomic mass is 9.92. The van der Waals surface area contributed by atoms with Crippen molar-refractivity contribution in [3.63, 3.8) is 0 Å². The highest BCUT2D eigenvalue weighted by Gasteiger charge is 2.43. The quantitative estimate of drug-likeness (QED) is 0.370. The number of hydrogen-bond acceptors (Lipinski definition) is 6. The summed E-state index contributed by atoms with van der Waals surface area (Å²) in [6, 6.07) is 1.86. The van der Waals surface area contributed by atoms with E-state index in [0.29, 0.717) is 16.8 Å². The number of halogens is 2. The molecule has 0 aromatic carbocycles. The molecule has 2 aliphatic heterocycles. The van der Waals surface area contributed by atoms with E-state index in [0.717, 1.165) is 0 Å². The maximum Gasteiger partial charge on any atom is 0.410 e. The Morgan fingerprint density at radius 1 is 1.29 bits per heavy atom. The Hall–Kier alpha value is -3.14. The first-order chi connectivity index (χ1) is 16.2. The summed E-state index contributed by atoms with van der Waals surface area (Å²) in [6.07, 6.45) is 4.01. The first-order valence-electron chi connectivity index (χ1n) is 11.3. The minimum atomic E-state index is -1.71. The van der Waals surface area contributed by atoms with Crippen LogP contribution in [0.5, 0.6) is 0 Å². The van der Waals surface area contributed by atoms with Gasteiger partial charge in [-0.05, 0) is 51.5 Å². The van der Waals surface area contributed by atoms with Crippen LogP contribution in [0.4, 0.5) is 9.18 Å². The summed E-state index contributed by atoms with van der Waals surface area (Å²) in [5, 5.41) is 5.47. The van der Waals surface area contributed by atoms with Gasteiger partial charge in [0.2, 0.25) is 16.9 Å². The highest BCUT2D eigenvalue weighted by atomic mass is 35.5. The molecule has 3 unspecified atom stereocenters. The van der Waals surface area contributed by atoms with Gasteiger partial charge in [0.1, 0.15) is 5.60 Å². The molecular formula is C24H31ClFN5O4. The minimum absolute atomic E-state index is 0.122. The number of nitrogens with zero attached hydrogens (tertiary/aromatic N) is 3. The molecule has 3 atom stereocenters. The Morgan fingerprint density at radius 3 is 2.54 bits per heavy atom. The zero-order chi connectivity index (χ0) is 26.1. The Bertz CT molecular complexity index is 1090. The summed E-state index contributed by atoms with van der Waals surface area (Å²) < 4.78 is 19.5. The third-order valence-corrected chi connectivity index (χ3v) is 6.12. The number of nitrogens with one attached hydrogen (secondary N) is 2. The lowest BCUT2D eigenvalue weighted by Crippen LogP contribution is -2.61.